The van der Waals surface area contributed by atoms with E-state index < -0.39 is 0 Å². The van der Waals surface area contributed by atoms with Crippen molar-refractivity contribution in [1.29, 1.82) is 0 Å². The van der Waals surface area contributed by atoms with Gasteiger partial charge in [0, 0.05) is 49.1 Å². The van der Waals surface area contributed by atoms with Gasteiger partial charge in [-0.3, -0.25) is 0 Å². The molecule has 0 N–H and O–H groups in total. The first-order valence-electron chi connectivity index (χ1n) is 24.5. The maximum Gasteiger partial charge on any atom is 0.159 e. The van der Waals surface area contributed by atoms with Crippen LogP contribution < -0.4 is 9.80 Å². The van der Waals surface area contributed by atoms with Crippen LogP contribution in [-0.2, 0) is 5.41 Å². The van der Waals surface area contributed by atoms with Crippen LogP contribution in [0, 0.1) is 0 Å². The average molecular weight is 909 g/mol. The molecule has 0 spiro atoms. The molecule has 4 heteroatoms. The van der Waals surface area contributed by atoms with Crippen molar-refractivity contribution in [1.82, 2.24) is 0 Å². The number of rotatable bonds is 6. The van der Waals surface area contributed by atoms with E-state index >= 15 is 0 Å². The molecule has 1 aliphatic rings. The summed E-state index contributed by atoms with van der Waals surface area (Å²) in [5.74, 6) is 0. The largest absolute Gasteiger partial charge is 0.454 e. The molecule has 0 unspecified atom stereocenters. The maximum atomic E-state index is 6.77. The Morgan fingerprint density at radius 2 is 0.775 bits per heavy atom. The predicted octanol–water partition coefficient (Wildman–Crippen LogP) is 19.3. The molecule has 0 saturated heterocycles. The Balaban J connectivity index is 0.940. The van der Waals surface area contributed by atoms with E-state index in [0.717, 1.165) is 78.0 Å². The normalized spacial score (nSPS) is 13.0. The van der Waals surface area contributed by atoms with E-state index in [1.54, 1.807) is 0 Å². The fourth-order valence-electron chi connectivity index (χ4n) is 12.1. The van der Waals surface area contributed by atoms with Gasteiger partial charge in [0.15, 0.2) is 11.2 Å². The molecule has 0 amide bonds. The lowest BCUT2D eigenvalue weighted by molar-refractivity contribution is 0.645. The lowest BCUT2D eigenvalue weighted by Crippen LogP contribution is -2.24. The summed E-state index contributed by atoms with van der Waals surface area (Å²) in [6, 6.07) is 83.7. The topological polar surface area (TPSA) is 32.8 Å². The summed E-state index contributed by atoms with van der Waals surface area (Å²) in [5, 5.41) is 14.1. The number of hydrogen-bond donors (Lipinski definition) is 0. The Labute approximate surface area is 409 Å². The van der Waals surface area contributed by atoms with Gasteiger partial charge in [0.25, 0.3) is 0 Å². The molecule has 0 atom stereocenters. The van der Waals surface area contributed by atoms with Gasteiger partial charge in [-0.25, -0.2) is 0 Å². The third kappa shape index (κ3) is 5.79. The summed E-state index contributed by atoms with van der Waals surface area (Å²) in [4.78, 5) is 4.81. The van der Waals surface area contributed by atoms with Crippen LogP contribution in [0.1, 0.15) is 25.0 Å². The Kier molecular flexibility index (Phi) is 8.38. The zero-order valence-electron chi connectivity index (χ0n) is 39.2. The molecular weight excluding hydrogens is 865 g/mol. The Bertz CT molecular complexity index is 4520. The van der Waals surface area contributed by atoms with Crippen molar-refractivity contribution >= 4 is 121 Å². The van der Waals surface area contributed by atoms with Gasteiger partial charge < -0.3 is 18.6 Å². The lowest BCUT2D eigenvalue weighted by Gasteiger charge is -2.37. The van der Waals surface area contributed by atoms with E-state index in [-0.39, 0.29) is 5.41 Å². The summed E-state index contributed by atoms with van der Waals surface area (Å²) in [6.07, 6.45) is 0. The summed E-state index contributed by atoms with van der Waals surface area (Å²) in [5.41, 5.74) is 14.6. The zero-order chi connectivity index (χ0) is 47.0. The van der Waals surface area contributed by atoms with Crippen molar-refractivity contribution in [3.63, 3.8) is 0 Å². The highest BCUT2D eigenvalue weighted by molar-refractivity contribution is 6.19. The molecule has 1 aliphatic carbocycles. The zero-order valence-corrected chi connectivity index (χ0v) is 39.2. The third-order valence-electron chi connectivity index (χ3n) is 15.4. The minimum Gasteiger partial charge on any atom is -0.454 e. The molecule has 12 aromatic carbocycles. The molecule has 0 radical (unpaired) electrons. The van der Waals surface area contributed by atoms with Crippen LogP contribution in [-0.4, -0.2) is 0 Å². The Hall–Kier alpha value is -9.12. The van der Waals surface area contributed by atoms with Crippen molar-refractivity contribution in [2.45, 2.75) is 19.3 Å². The number of anilines is 6. The van der Waals surface area contributed by atoms with E-state index in [2.05, 4.69) is 242 Å². The van der Waals surface area contributed by atoms with Crippen LogP contribution in [0.15, 0.2) is 239 Å². The number of fused-ring (bicyclic) bond motifs is 12. The van der Waals surface area contributed by atoms with Gasteiger partial charge in [-0.15, -0.1) is 0 Å². The second-order valence-electron chi connectivity index (χ2n) is 19.6. The smallest absolute Gasteiger partial charge is 0.159 e. The third-order valence-corrected chi connectivity index (χ3v) is 15.4. The van der Waals surface area contributed by atoms with Crippen molar-refractivity contribution in [3.8, 4) is 11.1 Å². The monoisotopic (exact) mass is 908 g/mol. The van der Waals surface area contributed by atoms with E-state index in [4.69, 9.17) is 8.83 Å². The number of furan rings is 2. The fraction of sp³-hybridized carbons (Fsp3) is 0.0448. The van der Waals surface area contributed by atoms with Crippen molar-refractivity contribution in [2.75, 3.05) is 9.80 Å². The number of hydrogen-bond acceptors (Lipinski definition) is 4. The van der Waals surface area contributed by atoms with Gasteiger partial charge >= 0.3 is 0 Å². The second-order valence-corrected chi connectivity index (χ2v) is 19.6. The summed E-state index contributed by atoms with van der Waals surface area (Å²) >= 11 is 0. The molecule has 0 saturated carbocycles. The van der Waals surface area contributed by atoms with E-state index in [9.17, 15) is 0 Å². The van der Waals surface area contributed by atoms with Crippen LogP contribution in [0.5, 0.6) is 0 Å². The Morgan fingerprint density at radius 1 is 0.310 bits per heavy atom. The molecule has 14 aromatic rings. The molecule has 4 nitrogen and oxygen atoms in total. The maximum absolute atomic E-state index is 6.77. The molecule has 334 valence electrons. The van der Waals surface area contributed by atoms with Gasteiger partial charge in [0.05, 0.1) is 22.7 Å². The van der Waals surface area contributed by atoms with Gasteiger partial charge in [0.1, 0.15) is 11.2 Å². The highest BCUT2D eigenvalue weighted by Gasteiger charge is 2.35. The SMILES string of the molecule is CC1(C)c2cc(N(c3cccc4ccccc34)c3cccc4c3oc3ccccc34)ccc2-c2cc3ccc(N(c4cccc5ccccc45)c4cccc5c4oc4ccccc45)cc3c3cccc1c23. The average Bonchev–Trinajstić information content (AvgIpc) is 4.00. The van der Waals surface area contributed by atoms with E-state index in [0.29, 0.717) is 0 Å². The highest BCUT2D eigenvalue weighted by atomic mass is 16.3. The fourth-order valence-corrected chi connectivity index (χ4v) is 12.1. The molecule has 2 heterocycles. The first-order valence-corrected chi connectivity index (χ1v) is 24.5. The highest BCUT2D eigenvalue weighted by Crippen LogP contribution is 2.54. The molecule has 71 heavy (non-hydrogen) atoms. The van der Waals surface area contributed by atoms with E-state index in [1.807, 2.05) is 12.1 Å². The minimum atomic E-state index is -0.342. The number of para-hydroxylation sites is 4. The van der Waals surface area contributed by atoms with Crippen molar-refractivity contribution in [2.24, 2.45) is 0 Å². The Morgan fingerprint density at radius 3 is 1.39 bits per heavy atom. The quantitative estimate of drug-likeness (QED) is 0.156. The molecule has 0 bridgehead atoms. The number of nitrogens with zero attached hydrogens (tertiary/aromatic N) is 2. The molecule has 0 fully saturated rings. The second kappa shape index (κ2) is 14.9. The molecule has 15 rings (SSSR count). The van der Waals surface area contributed by atoms with Crippen LogP contribution in [0.4, 0.5) is 34.1 Å². The van der Waals surface area contributed by atoms with Crippen molar-refractivity contribution in [3.05, 3.63) is 242 Å². The molecular formula is C67H44N2O2. The lowest BCUT2D eigenvalue weighted by atomic mass is 9.68. The molecule has 0 aliphatic heterocycles. The first-order chi connectivity index (χ1) is 35.0. The minimum absolute atomic E-state index is 0.342. The van der Waals surface area contributed by atoms with Gasteiger partial charge in [-0.2, -0.15) is 0 Å². The van der Waals surface area contributed by atoms with Gasteiger partial charge in [0.2, 0.25) is 0 Å². The summed E-state index contributed by atoms with van der Waals surface area (Å²) < 4.78 is 13.5. The molecule has 2 aromatic heterocycles. The first kappa shape index (κ1) is 39.8. The van der Waals surface area contributed by atoms with Crippen LogP contribution >= 0.6 is 0 Å². The van der Waals surface area contributed by atoms with Gasteiger partial charge in [-0.05, 0) is 121 Å². The number of benzene rings is 12. The predicted molar refractivity (Wildman–Crippen MR) is 298 cm³/mol. The standard InChI is InChI=1S/C67H44N2O2/c1-67(2)56-27-13-24-51-54-39-44(68(58-28-11-18-41-16-3-5-20-46(41)58)60-30-14-25-52-49-22-7-9-32-62(49)70-65(52)60)35-34-43(54)38-55(64(51)56)48-37-36-45(40-57(48)67)69(59-29-12-19-42-17-4-6-21-47(42)59)61-31-15-26-53-50-23-8-10-33-63(50)71-66(53)61/h3-40H,1-2H3. The van der Waals surface area contributed by atoms with Crippen molar-refractivity contribution < 1.29 is 8.83 Å². The van der Waals surface area contributed by atoms with Crippen LogP contribution in [0.2, 0.25) is 0 Å². The summed E-state index contributed by atoms with van der Waals surface area (Å²) in [6.45, 7) is 4.79. The summed E-state index contributed by atoms with van der Waals surface area (Å²) in [7, 11) is 0. The van der Waals surface area contributed by atoms with Gasteiger partial charge in [-0.1, -0.05) is 178 Å². The van der Waals surface area contributed by atoms with E-state index in [1.165, 1.54) is 65.3 Å². The van der Waals surface area contributed by atoms with Crippen LogP contribution in [0.25, 0.3) is 98.1 Å². The van der Waals surface area contributed by atoms with Crippen LogP contribution in [0.3, 0.4) is 0 Å².